The molecule has 0 aromatic heterocycles. The van der Waals surface area contributed by atoms with E-state index in [-0.39, 0.29) is 0 Å². The summed E-state index contributed by atoms with van der Waals surface area (Å²) in [6.45, 7) is 0. The van der Waals surface area contributed by atoms with E-state index in [0.29, 0.717) is 19.3 Å². The summed E-state index contributed by atoms with van der Waals surface area (Å²) in [6.07, 6.45) is 2.02. The zero-order valence-corrected chi connectivity index (χ0v) is 9.02. The fourth-order valence-electron chi connectivity index (χ4n) is 1.88. The molecule has 1 saturated heterocycles. The van der Waals surface area contributed by atoms with Crippen molar-refractivity contribution in [3.8, 4) is 0 Å². The Hall–Kier alpha value is -0.500. The Morgan fingerprint density at radius 1 is 1.14 bits per heavy atom. The van der Waals surface area contributed by atoms with E-state index in [1.165, 1.54) is 0 Å². The second-order valence-corrected chi connectivity index (χ2v) is 5.15. The highest BCUT2D eigenvalue weighted by molar-refractivity contribution is 7.99. The molecular formula is C12H15FS. The zero-order chi connectivity index (χ0) is 9.86. The van der Waals surface area contributed by atoms with Gasteiger partial charge in [0.25, 0.3) is 0 Å². The Kier molecular flexibility index (Phi) is 3.12. The molecule has 1 aromatic rings. The first-order valence-corrected chi connectivity index (χ1v) is 6.25. The molecule has 0 radical (unpaired) electrons. The van der Waals surface area contributed by atoms with E-state index >= 15 is 0 Å². The van der Waals surface area contributed by atoms with E-state index < -0.39 is 5.67 Å². The fraction of sp³-hybridized carbons (Fsp3) is 0.500. The molecular weight excluding hydrogens is 195 g/mol. The van der Waals surface area contributed by atoms with Gasteiger partial charge < -0.3 is 0 Å². The lowest BCUT2D eigenvalue weighted by Crippen LogP contribution is -2.30. The normalized spacial score (nSPS) is 20.6. The summed E-state index contributed by atoms with van der Waals surface area (Å²) in [6, 6.07) is 9.98. The molecule has 76 valence electrons. The van der Waals surface area contributed by atoms with Gasteiger partial charge in [-0.15, -0.1) is 0 Å². The Labute approximate surface area is 88.9 Å². The lowest BCUT2D eigenvalue weighted by molar-refractivity contribution is 0.150. The third-order valence-corrected chi connectivity index (χ3v) is 3.74. The van der Waals surface area contributed by atoms with Crippen molar-refractivity contribution in [3.63, 3.8) is 0 Å². The zero-order valence-electron chi connectivity index (χ0n) is 8.21. The van der Waals surface area contributed by atoms with Gasteiger partial charge in [-0.3, -0.25) is 0 Å². The maximum Gasteiger partial charge on any atom is 0.116 e. The average molecular weight is 210 g/mol. The van der Waals surface area contributed by atoms with Crippen LogP contribution in [0.4, 0.5) is 4.39 Å². The van der Waals surface area contributed by atoms with Crippen LogP contribution in [0.1, 0.15) is 18.4 Å². The quantitative estimate of drug-likeness (QED) is 0.720. The fourth-order valence-corrected chi connectivity index (χ4v) is 3.10. The van der Waals surface area contributed by atoms with E-state index in [1.54, 1.807) is 0 Å². The van der Waals surface area contributed by atoms with Gasteiger partial charge in [-0.1, -0.05) is 30.3 Å². The van der Waals surface area contributed by atoms with E-state index in [0.717, 1.165) is 17.1 Å². The smallest absolute Gasteiger partial charge is 0.116 e. The van der Waals surface area contributed by atoms with Crippen molar-refractivity contribution in [3.05, 3.63) is 35.9 Å². The van der Waals surface area contributed by atoms with Crippen molar-refractivity contribution in [1.29, 1.82) is 0 Å². The standard InChI is InChI=1S/C12H15FS/c13-12(6-8-14-9-7-12)10-11-4-2-1-3-5-11/h1-5H,6-10H2. The Bertz CT molecular complexity index is 278. The molecule has 0 N–H and O–H groups in total. The Morgan fingerprint density at radius 2 is 1.79 bits per heavy atom. The van der Waals surface area contributed by atoms with Gasteiger partial charge in [0.05, 0.1) is 0 Å². The summed E-state index contributed by atoms with van der Waals surface area (Å²) in [5, 5.41) is 0. The number of halogens is 1. The first kappa shape index (κ1) is 10.0. The van der Waals surface area contributed by atoms with Crippen LogP contribution < -0.4 is 0 Å². The molecule has 0 amide bonds. The molecule has 1 fully saturated rings. The second kappa shape index (κ2) is 4.35. The number of alkyl halides is 1. The molecule has 0 bridgehead atoms. The molecule has 1 aliphatic heterocycles. The van der Waals surface area contributed by atoms with Gasteiger partial charge >= 0.3 is 0 Å². The van der Waals surface area contributed by atoms with Crippen molar-refractivity contribution >= 4 is 11.8 Å². The van der Waals surface area contributed by atoms with Crippen LogP contribution >= 0.6 is 11.8 Å². The van der Waals surface area contributed by atoms with Gasteiger partial charge in [-0.25, -0.2) is 4.39 Å². The van der Waals surface area contributed by atoms with Crippen molar-refractivity contribution in [2.45, 2.75) is 24.9 Å². The topological polar surface area (TPSA) is 0 Å². The maximum atomic E-state index is 14.2. The molecule has 0 aliphatic carbocycles. The lowest BCUT2D eigenvalue weighted by atomic mass is 9.91. The average Bonchev–Trinajstić information content (AvgIpc) is 2.19. The summed E-state index contributed by atoms with van der Waals surface area (Å²) < 4.78 is 14.2. The van der Waals surface area contributed by atoms with Crippen LogP contribution in [0.3, 0.4) is 0 Å². The minimum atomic E-state index is -0.938. The molecule has 0 saturated carbocycles. The minimum Gasteiger partial charge on any atom is -0.243 e. The number of benzene rings is 1. The third-order valence-electron chi connectivity index (χ3n) is 2.75. The van der Waals surface area contributed by atoms with Gasteiger partial charge in [-0.05, 0) is 29.9 Å². The van der Waals surface area contributed by atoms with Gasteiger partial charge in [-0.2, -0.15) is 11.8 Å². The van der Waals surface area contributed by atoms with Crippen molar-refractivity contribution in [2.75, 3.05) is 11.5 Å². The number of thioether (sulfide) groups is 1. The number of hydrogen-bond acceptors (Lipinski definition) is 1. The highest BCUT2D eigenvalue weighted by atomic mass is 32.2. The summed E-state index contributed by atoms with van der Waals surface area (Å²) >= 11 is 1.87. The van der Waals surface area contributed by atoms with Crippen LogP contribution in [0.25, 0.3) is 0 Å². The predicted molar refractivity (Wildman–Crippen MR) is 60.5 cm³/mol. The van der Waals surface area contributed by atoms with E-state index in [1.807, 2.05) is 42.1 Å². The van der Waals surface area contributed by atoms with Gasteiger partial charge in [0.15, 0.2) is 0 Å². The summed E-state index contributed by atoms with van der Waals surface area (Å²) in [5.74, 6) is 1.95. The monoisotopic (exact) mass is 210 g/mol. The molecule has 0 nitrogen and oxygen atoms in total. The third kappa shape index (κ3) is 2.50. The SMILES string of the molecule is FC1(Cc2ccccc2)CCSCC1. The second-order valence-electron chi connectivity index (χ2n) is 3.93. The molecule has 14 heavy (non-hydrogen) atoms. The molecule has 0 atom stereocenters. The van der Waals surface area contributed by atoms with Crippen molar-refractivity contribution in [2.24, 2.45) is 0 Å². The summed E-state index contributed by atoms with van der Waals surface area (Å²) in [7, 11) is 0. The van der Waals surface area contributed by atoms with E-state index in [9.17, 15) is 4.39 Å². The highest BCUT2D eigenvalue weighted by Gasteiger charge is 2.31. The van der Waals surface area contributed by atoms with Crippen LogP contribution in [0.15, 0.2) is 30.3 Å². The van der Waals surface area contributed by atoms with Crippen LogP contribution in [-0.4, -0.2) is 17.2 Å². The van der Waals surface area contributed by atoms with Gasteiger partial charge in [0.1, 0.15) is 5.67 Å². The van der Waals surface area contributed by atoms with Crippen LogP contribution in [-0.2, 0) is 6.42 Å². The molecule has 0 unspecified atom stereocenters. The first-order valence-electron chi connectivity index (χ1n) is 5.09. The van der Waals surface area contributed by atoms with Crippen molar-refractivity contribution in [1.82, 2.24) is 0 Å². The van der Waals surface area contributed by atoms with Gasteiger partial charge in [0.2, 0.25) is 0 Å². The maximum absolute atomic E-state index is 14.2. The minimum absolute atomic E-state index is 0.592. The predicted octanol–water partition coefficient (Wildman–Crippen LogP) is 3.46. The van der Waals surface area contributed by atoms with Crippen LogP contribution in [0, 0.1) is 0 Å². The highest BCUT2D eigenvalue weighted by Crippen LogP contribution is 2.33. The lowest BCUT2D eigenvalue weighted by Gasteiger charge is -2.29. The summed E-state index contributed by atoms with van der Waals surface area (Å²) in [4.78, 5) is 0. The van der Waals surface area contributed by atoms with Crippen LogP contribution in [0.2, 0.25) is 0 Å². The molecule has 2 heteroatoms. The number of rotatable bonds is 2. The molecule has 1 aliphatic rings. The van der Waals surface area contributed by atoms with Crippen LogP contribution in [0.5, 0.6) is 0 Å². The molecule has 2 rings (SSSR count). The van der Waals surface area contributed by atoms with Crippen molar-refractivity contribution < 1.29 is 4.39 Å². The Morgan fingerprint density at radius 3 is 2.43 bits per heavy atom. The number of hydrogen-bond donors (Lipinski definition) is 0. The van der Waals surface area contributed by atoms with E-state index in [2.05, 4.69) is 0 Å². The summed E-state index contributed by atoms with van der Waals surface area (Å²) in [5.41, 5.74) is 0.189. The largest absolute Gasteiger partial charge is 0.243 e. The molecule has 1 aromatic carbocycles. The molecule has 0 spiro atoms. The first-order chi connectivity index (χ1) is 6.79. The van der Waals surface area contributed by atoms with E-state index in [4.69, 9.17) is 0 Å². The Balaban J connectivity index is 2.02. The molecule has 1 heterocycles. The van der Waals surface area contributed by atoms with Gasteiger partial charge in [0, 0.05) is 6.42 Å².